The summed E-state index contributed by atoms with van der Waals surface area (Å²) in [6.45, 7) is 3.73. The van der Waals surface area contributed by atoms with Crippen LogP contribution in [0.5, 0.6) is 5.75 Å². The van der Waals surface area contributed by atoms with E-state index < -0.39 is 28.5 Å². The lowest BCUT2D eigenvalue weighted by Crippen LogP contribution is -2.53. The van der Waals surface area contributed by atoms with E-state index in [4.69, 9.17) is 4.74 Å². The predicted molar refractivity (Wildman–Crippen MR) is 160 cm³/mol. The average Bonchev–Trinajstić information content (AvgIpc) is 3.00. The number of sulfonamides is 1. The van der Waals surface area contributed by atoms with Gasteiger partial charge in [0, 0.05) is 12.6 Å². The third kappa shape index (κ3) is 7.88. The number of rotatable bonds is 12. The summed E-state index contributed by atoms with van der Waals surface area (Å²) in [6, 6.07) is 23.3. The van der Waals surface area contributed by atoms with Crippen LogP contribution in [0, 0.1) is 0 Å². The molecule has 0 spiro atoms. The Morgan fingerprint density at radius 2 is 1.51 bits per heavy atom. The average molecular weight is 578 g/mol. The summed E-state index contributed by atoms with van der Waals surface area (Å²) < 4.78 is 34.4. The maximum absolute atomic E-state index is 14.0. The first-order valence-electron chi connectivity index (χ1n) is 14.2. The van der Waals surface area contributed by atoms with E-state index in [1.54, 1.807) is 49.4 Å². The number of nitrogens with one attached hydrogen (secondary N) is 1. The van der Waals surface area contributed by atoms with Crippen molar-refractivity contribution >= 4 is 27.5 Å². The normalized spacial score (nSPS) is 14.6. The molecule has 4 rings (SSSR count). The van der Waals surface area contributed by atoms with E-state index >= 15 is 0 Å². The molecule has 8 nitrogen and oxygen atoms in total. The minimum absolute atomic E-state index is 0.0689. The van der Waals surface area contributed by atoms with Crippen LogP contribution in [0.2, 0.25) is 0 Å². The molecule has 1 N–H and O–H groups in total. The van der Waals surface area contributed by atoms with Gasteiger partial charge in [-0.1, -0.05) is 67.8 Å². The smallest absolute Gasteiger partial charge is 0.264 e. The van der Waals surface area contributed by atoms with E-state index in [1.807, 2.05) is 37.3 Å². The molecule has 218 valence electrons. The molecule has 3 aromatic rings. The zero-order valence-corrected chi connectivity index (χ0v) is 24.6. The van der Waals surface area contributed by atoms with Gasteiger partial charge < -0.3 is 15.0 Å². The highest BCUT2D eigenvalue weighted by Gasteiger charge is 2.33. The van der Waals surface area contributed by atoms with E-state index in [0.717, 1.165) is 42.0 Å². The molecule has 2 amide bonds. The Morgan fingerprint density at radius 1 is 0.902 bits per heavy atom. The van der Waals surface area contributed by atoms with Gasteiger partial charge in [-0.05, 0) is 68.7 Å². The highest BCUT2D eigenvalue weighted by molar-refractivity contribution is 7.92. The molecule has 9 heteroatoms. The first kappa shape index (κ1) is 30.1. The highest BCUT2D eigenvalue weighted by Crippen LogP contribution is 2.27. The molecule has 0 aliphatic heterocycles. The van der Waals surface area contributed by atoms with Crippen LogP contribution in [0.15, 0.2) is 89.8 Å². The molecular weight excluding hydrogens is 538 g/mol. The first-order valence-corrected chi connectivity index (χ1v) is 15.7. The van der Waals surface area contributed by atoms with Gasteiger partial charge in [0.25, 0.3) is 10.0 Å². The minimum atomic E-state index is -4.10. The second kappa shape index (κ2) is 14.2. The third-order valence-electron chi connectivity index (χ3n) is 7.36. The Hall–Kier alpha value is -3.85. The minimum Gasteiger partial charge on any atom is -0.494 e. The Balaban J connectivity index is 1.65. The van der Waals surface area contributed by atoms with Gasteiger partial charge in [-0.3, -0.25) is 13.9 Å². The molecular formula is C32H39N3O5S. The second-order valence-corrected chi connectivity index (χ2v) is 12.1. The Kier molecular flexibility index (Phi) is 10.4. The molecule has 0 heterocycles. The van der Waals surface area contributed by atoms with Crippen LogP contribution in [-0.2, 0) is 26.2 Å². The number of anilines is 1. The monoisotopic (exact) mass is 577 g/mol. The van der Waals surface area contributed by atoms with E-state index in [1.165, 1.54) is 17.0 Å². The van der Waals surface area contributed by atoms with E-state index in [9.17, 15) is 18.0 Å². The largest absolute Gasteiger partial charge is 0.494 e. The van der Waals surface area contributed by atoms with Crippen molar-refractivity contribution in [3.05, 3.63) is 90.5 Å². The van der Waals surface area contributed by atoms with Gasteiger partial charge in [0.15, 0.2) is 0 Å². The van der Waals surface area contributed by atoms with Crippen molar-refractivity contribution in [1.82, 2.24) is 10.2 Å². The summed E-state index contributed by atoms with van der Waals surface area (Å²) in [6.07, 6.45) is 5.15. The van der Waals surface area contributed by atoms with Gasteiger partial charge in [0.2, 0.25) is 11.8 Å². The standard InChI is InChI=1S/C32H39N3O5S/c1-3-40-29-21-19-28(20-22-29)35(41(38,39)30-17-11-6-12-18-30)24-31(36)34(23-26-13-7-4-8-14-26)25(2)32(37)33-27-15-9-5-10-16-27/h4,6-8,11-14,17-22,25,27H,3,5,9-10,15-16,23-24H2,1-2H3,(H,33,37). The second-order valence-electron chi connectivity index (χ2n) is 10.3. The lowest BCUT2D eigenvalue weighted by molar-refractivity contribution is -0.139. The maximum Gasteiger partial charge on any atom is 0.264 e. The Labute approximate surface area is 243 Å². The number of ether oxygens (including phenoxy) is 1. The predicted octanol–water partition coefficient (Wildman–Crippen LogP) is 5.15. The highest BCUT2D eigenvalue weighted by atomic mass is 32.2. The zero-order chi connectivity index (χ0) is 29.2. The zero-order valence-electron chi connectivity index (χ0n) is 23.7. The van der Waals surface area contributed by atoms with Crippen molar-refractivity contribution in [2.24, 2.45) is 0 Å². The van der Waals surface area contributed by atoms with Crippen molar-refractivity contribution in [3.63, 3.8) is 0 Å². The quantitative estimate of drug-likeness (QED) is 0.321. The number of amides is 2. The molecule has 1 aliphatic rings. The number of hydrogen-bond donors (Lipinski definition) is 1. The molecule has 1 saturated carbocycles. The molecule has 0 saturated heterocycles. The molecule has 0 radical (unpaired) electrons. The van der Waals surface area contributed by atoms with Crippen LogP contribution in [0.1, 0.15) is 51.5 Å². The summed E-state index contributed by atoms with van der Waals surface area (Å²) in [4.78, 5) is 28.9. The van der Waals surface area contributed by atoms with Crippen molar-refractivity contribution in [2.75, 3.05) is 17.5 Å². The molecule has 1 unspecified atom stereocenters. The SMILES string of the molecule is CCOc1ccc(N(CC(=O)N(Cc2ccccc2)C(C)C(=O)NC2CCCCC2)S(=O)(=O)c2ccccc2)cc1. The Bertz CT molecular complexity index is 1380. The van der Waals surface area contributed by atoms with Crippen molar-refractivity contribution in [2.45, 2.75) is 69.5 Å². The van der Waals surface area contributed by atoms with Gasteiger partial charge in [0.05, 0.1) is 17.2 Å². The van der Waals surface area contributed by atoms with E-state index in [-0.39, 0.29) is 23.4 Å². The Morgan fingerprint density at radius 3 is 2.12 bits per heavy atom. The van der Waals surface area contributed by atoms with Gasteiger partial charge in [0.1, 0.15) is 18.3 Å². The number of nitrogens with zero attached hydrogens (tertiary/aromatic N) is 2. The third-order valence-corrected chi connectivity index (χ3v) is 9.15. The van der Waals surface area contributed by atoms with Crippen LogP contribution in [0.3, 0.4) is 0 Å². The van der Waals surface area contributed by atoms with E-state index in [2.05, 4.69) is 5.32 Å². The van der Waals surface area contributed by atoms with Crippen molar-refractivity contribution in [1.29, 1.82) is 0 Å². The van der Waals surface area contributed by atoms with E-state index in [0.29, 0.717) is 18.0 Å². The molecule has 3 aromatic carbocycles. The van der Waals surface area contributed by atoms with Gasteiger partial charge in [-0.2, -0.15) is 0 Å². The number of hydrogen-bond acceptors (Lipinski definition) is 5. The van der Waals surface area contributed by atoms with Gasteiger partial charge in [-0.25, -0.2) is 8.42 Å². The lowest BCUT2D eigenvalue weighted by atomic mass is 9.95. The molecule has 1 fully saturated rings. The van der Waals surface area contributed by atoms with Gasteiger partial charge >= 0.3 is 0 Å². The molecule has 0 bridgehead atoms. The molecule has 41 heavy (non-hydrogen) atoms. The molecule has 1 aliphatic carbocycles. The first-order chi connectivity index (χ1) is 19.8. The fraction of sp³-hybridized carbons (Fsp3) is 0.375. The van der Waals surface area contributed by atoms with Crippen LogP contribution in [0.25, 0.3) is 0 Å². The molecule has 1 atom stereocenters. The van der Waals surface area contributed by atoms with Gasteiger partial charge in [-0.15, -0.1) is 0 Å². The summed E-state index contributed by atoms with van der Waals surface area (Å²) in [5.41, 5.74) is 1.17. The maximum atomic E-state index is 14.0. The fourth-order valence-electron chi connectivity index (χ4n) is 5.06. The fourth-order valence-corrected chi connectivity index (χ4v) is 6.49. The molecule has 0 aromatic heterocycles. The summed E-state index contributed by atoms with van der Waals surface area (Å²) >= 11 is 0. The van der Waals surface area contributed by atoms with Crippen LogP contribution >= 0.6 is 0 Å². The van der Waals surface area contributed by atoms with Crippen LogP contribution in [-0.4, -0.2) is 50.4 Å². The summed E-state index contributed by atoms with van der Waals surface area (Å²) in [5, 5.41) is 3.12. The summed E-state index contributed by atoms with van der Waals surface area (Å²) in [5.74, 6) is -0.119. The number of benzene rings is 3. The van der Waals surface area contributed by atoms with Crippen molar-refractivity contribution < 1.29 is 22.7 Å². The summed E-state index contributed by atoms with van der Waals surface area (Å²) in [7, 11) is -4.10. The number of carbonyl (C=O) groups excluding carboxylic acids is 2. The van der Waals surface area contributed by atoms with Crippen LogP contribution in [0.4, 0.5) is 5.69 Å². The number of carbonyl (C=O) groups is 2. The van der Waals surface area contributed by atoms with Crippen molar-refractivity contribution in [3.8, 4) is 5.75 Å². The topological polar surface area (TPSA) is 96.0 Å². The lowest BCUT2D eigenvalue weighted by Gasteiger charge is -2.33. The van der Waals surface area contributed by atoms with Crippen LogP contribution < -0.4 is 14.4 Å².